The molecule has 0 saturated heterocycles. The summed E-state index contributed by atoms with van der Waals surface area (Å²) in [6.45, 7) is 2.08. The van der Waals surface area contributed by atoms with E-state index in [-0.39, 0.29) is 6.04 Å². The molecule has 13 heavy (non-hydrogen) atoms. The Bertz CT molecular complexity index is 325. The second-order valence-electron chi connectivity index (χ2n) is 3.61. The molecule has 0 N–H and O–H groups in total. The summed E-state index contributed by atoms with van der Waals surface area (Å²) in [5.74, 6) is 0.384. The van der Waals surface area contributed by atoms with Crippen LogP contribution in [-0.2, 0) is 4.79 Å². The number of fused-ring (bicyclic) bond motifs is 1. The largest absolute Gasteiger partial charge is 0.370 e. The van der Waals surface area contributed by atoms with Gasteiger partial charge in [-0.1, -0.05) is 24.3 Å². The van der Waals surface area contributed by atoms with Crippen LogP contribution >= 0.6 is 0 Å². The highest BCUT2D eigenvalue weighted by atomic mass is 16.1. The van der Waals surface area contributed by atoms with Gasteiger partial charge < -0.3 is 4.90 Å². The molecule has 1 heterocycles. The van der Waals surface area contributed by atoms with E-state index in [2.05, 4.69) is 24.0 Å². The Kier molecular flexibility index (Phi) is 1.83. The molecule has 2 rings (SSSR count). The molecular formula is C11H13NO. The van der Waals surface area contributed by atoms with Crippen molar-refractivity contribution < 1.29 is 4.79 Å². The van der Waals surface area contributed by atoms with Crippen molar-refractivity contribution in [3.8, 4) is 0 Å². The van der Waals surface area contributed by atoms with Crippen LogP contribution in [0.2, 0.25) is 0 Å². The molecule has 2 atom stereocenters. The molecule has 1 aliphatic heterocycles. The minimum absolute atomic E-state index is 0.238. The van der Waals surface area contributed by atoms with E-state index >= 15 is 0 Å². The van der Waals surface area contributed by atoms with Crippen LogP contribution < -0.4 is 0 Å². The molecule has 1 aliphatic carbocycles. The molecule has 0 aromatic carbocycles. The van der Waals surface area contributed by atoms with Gasteiger partial charge in [0.2, 0.25) is 0 Å². The number of hydrogen-bond acceptors (Lipinski definition) is 2. The standard InChI is InChI=1S/C11H13NO/c1-8-6-9-4-3-5-10(7-13)11(9)12(8)2/h3-7,9,11H,1-2H3. The van der Waals surface area contributed by atoms with Gasteiger partial charge in [0.1, 0.15) is 6.29 Å². The average molecular weight is 175 g/mol. The van der Waals surface area contributed by atoms with Crippen LogP contribution in [0.15, 0.2) is 35.6 Å². The Hall–Kier alpha value is -1.31. The molecular weight excluding hydrogens is 162 g/mol. The third-order valence-electron chi connectivity index (χ3n) is 2.87. The fourth-order valence-corrected chi connectivity index (χ4v) is 2.07. The first-order chi connectivity index (χ1) is 6.24. The first-order valence-corrected chi connectivity index (χ1v) is 4.49. The summed E-state index contributed by atoms with van der Waals surface area (Å²) >= 11 is 0. The van der Waals surface area contributed by atoms with Gasteiger partial charge in [0, 0.05) is 24.2 Å². The summed E-state index contributed by atoms with van der Waals surface area (Å²) in [6, 6.07) is 0.238. The van der Waals surface area contributed by atoms with Crippen molar-refractivity contribution in [3.63, 3.8) is 0 Å². The van der Waals surface area contributed by atoms with Gasteiger partial charge in [-0.25, -0.2) is 0 Å². The maximum Gasteiger partial charge on any atom is 0.148 e. The van der Waals surface area contributed by atoms with Crippen LogP contribution in [0.3, 0.4) is 0 Å². The Morgan fingerprint density at radius 1 is 1.54 bits per heavy atom. The topological polar surface area (TPSA) is 20.3 Å². The summed E-state index contributed by atoms with van der Waals surface area (Å²) in [6.07, 6.45) is 9.18. The lowest BCUT2D eigenvalue weighted by Gasteiger charge is -2.28. The van der Waals surface area contributed by atoms with E-state index in [1.807, 2.05) is 19.2 Å². The smallest absolute Gasteiger partial charge is 0.148 e. The summed E-state index contributed by atoms with van der Waals surface area (Å²) in [4.78, 5) is 13.0. The van der Waals surface area contributed by atoms with E-state index in [0.29, 0.717) is 5.92 Å². The maximum atomic E-state index is 10.8. The molecule has 0 amide bonds. The first-order valence-electron chi connectivity index (χ1n) is 4.49. The third kappa shape index (κ3) is 1.13. The normalized spacial score (nSPS) is 31.1. The number of likely N-dealkylation sites (N-methyl/N-ethyl adjacent to an activating group) is 1. The van der Waals surface area contributed by atoms with Gasteiger partial charge in [0.15, 0.2) is 0 Å². The minimum atomic E-state index is 0.238. The average Bonchev–Trinajstić information content (AvgIpc) is 2.43. The van der Waals surface area contributed by atoms with Crippen LogP contribution in [0.25, 0.3) is 0 Å². The highest BCUT2D eigenvalue weighted by molar-refractivity contribution is 5.77. The third-order valence-corrected chi connectivity index (χ3v) is 2.87. The predicted octanol–water partition coefficient (Wildman–Crippen LogP) is 1.52. The fourth-order valence-electron chi connectivity index (χ4n) is 2.07. The molecule has 0 aromatic heterocycles. The van der Waals surface area contributed by atoms with E-state index in [1.54, 1.807) is 0 Å². The van der Waals surface area contributed by atoms with Crippen LogP contribution in [0.5, 0.6) is 0 Å². The van der Waals surface area contributed by atoms with E-state index in [1.165, 1.54) is 5.70 Å². The molecule has 0 aromatic rings. The number of carbonyl (C=O) groups is 1. The van der Waals surface area contributed by atoms with E-state index in [0.717, 1.165) is 11.9 Å². The second kappa shape index (κ2) is 2.87. The van der Waals surface area contributed by atoms with E-state index in [9.17, 15) is 4.79 Å². The van der Waals surface area contributed by atoms with Crippen molar-refractivity contribution in [1.29, 1.82) is 0 Å². The van der Waals surface area contributed by atoms with Crippen LogP contribution in [0, 0.1) is 5.92 Å². The highest BCUT2D eigenvalue weighted by Crippen LogP contribution is 2.32. The molecule has 0 bridgehead atoms. The number of aldehydes is 1. The zero-order chi connectivity index (χ0) is 9.42. The van der Waals surface area contributed by atoms with Gasteiger partial charge in [-0.15, -0.1) is 0 Å². The monoisotopic (exact) mass is 175 g/mol. The summed E-state index contributed by atoms with van der Waals surface area (Å²) in [5, 5.41) is 0. The molecule has 0 fully saturated rings. The number of rotatable bonds is 1. The molecule has 2 unspecified atom stereocenters. The molecule has 0 radical (unpaired) electrons. The molecule has 0 saturated carbocycles. The summed E-state index contributed by atoms with van der Waals surface area (Å²) in [5.41, 5.74) is 2.12. The number of carbonyl (C=O) groups excluding carboxylic acids is 1. The van der Waals surface area contributed by atoms with Crippen molar-refractivity contribution in [2.45, 2.75) is 13.0 Å². The van der Waals surface area contributed by atoms with E-state index < -0.39 is 0 Å². The zero-order valence-corrected chi connectivity index (χ0v) is 7.90. The van der Waals surface area contributed by atoms with Crippen molar-refractivity contribution in [2.24, 2.45) is 5.92 Å². The Morgan fingerprint density at radius 3 is 3.00 bits per heavy atom. The van der Waals surface area contributed by atoms with Crippen LogP contribution in [0.4, 0.5) is 0 Å². The highest BCUT2D eigenvalue weighted by Gasteiger charge is 2.32. The fraction of sp³-hybridized carbons (Fsp3) is 0.364. The molecule has 2 aliphatic rings. The Balaban J connectivity index is 2.36. The summed E-state index contributed by atoms with van der Waals surface area (Å²) < 4.78 is 0. The quantitative estimate of drug-likeness (QED) is 0.563. The van der Waals surface area contributed by atoms with E-state index in [4.69, 9.17) is 0 Å². The zero-order valence-electron chi connectivity index (χ0n) is 7.90. The van der Waals surface area contributed by atoms with Gasteiger partial charge in [-0.3, -0.25) is 4.79 Å². The van der Waals surface area contributed by atoms with Gasteiger partial charge in [0.25, 0.3) is 0 Å². The molecule has 2 nitrogen and oxygen atoms in total. The van der Waals surface area contributed by atoms with Crippen molar-refractivity contribution >= 4 is 6.29 Å². The van der Waals surface area contributed by atoms with Gasteiger partial charge >= 0.3 is 0 Å². The van der Waals surface area contributed by atoms with Crippen LogP contribution in [0.1, 0.15) is 6.92 Å². The Labute approximate surface area is 78.2 Å². The lowest BCUT2D eigenvalue weighted by molar-refractivity contribution is -0.105. The molecule has 0 spiro atoms. The van der Waals surface area contributed by atoms with Crippen molar-refractivity contribution in [1.82, 2.24) is 4.90 Å². The molecule has 2 heteroatoms. The Morgan fingerprint density at radius 2 is 2.31 bits per heavy atom. The van der Waals surface area contributed by atoms with Gasteiger partial charge in [-0.05, 0) is 6.92 Å². The number of hydrogen-bond donors (Lipinski definition) is 0. The predicted molar refractivity (Wildman–Crippen MR) is 52.1 cm³/mol. The van der Waals surface area contributed by atoms with Crippen LogP contribution in [-0.4, -0.2) is 24.3 Å². The lowest BCUT2D eigenvalue weighted by Crippen LogP contribution is -2.33. The maximum absolute atomic E-state index is 10.8. The van der Waals surface area contributed by atoms with Crippen molar-refractivity contribution in [2.75, 3.05) is 7.05 Å². The van der Waals surface area contributed by atoms with Crippen molar-refractivity contribution in [3.05, 3.63) is 35.6 Å². The van der Waals surface area contributed by atoms with Gasteiger partial charge in [-0.2, -0.15) is 0 Å². The SMILES string of the molecule is CC1=CC2C=CC=C(C=O)C2N1C. The molecule has 68 valence electrons. The number of nitrogens with zero attached hydrogens (tertiary/aromatic N) is 1. The lowest BCUT2D eigenvalue weighted by atomic mass is 9.91. The number of allylic oxidation sites excluding steroid dienone is 3. The summed E-state index contributed by atoms with van der Waals surface area (Å²) in [7, 11) is 2.03. The second-order valence-corrected chi connectivity index (χ2v) is 3.61. The first kappa shape index (κ1) is 8.30. The van der Waals surface area contributed by atoms with Gasteiger partial charge in [0.05, 0.1) is 6.04 Å². The minimum Gasteiger partial charge on any atom is -0.370 e.